The molecule has 0 radical (unpaired) electrons. The predicted octanol–water partition coefficient (Wildman–Crippen LogP) is 5.26. The first-order chi connectivity index (χ1) is 15.9. The number of carboxylic acids is 1. The van der Waals surface area contributed by atoms with Crippen LogP contribution in [0.25, 0.3) is 0 Å². The summed E-state index contributed by atoms with van der Waals surface area (Å²) in [5.41, 5.74) is 4.09. The highest BCUT2D eigenvalue weighted by Crippen LogP contribution is 2.21. The predicted molar refractivity (Wildman–Crippen MR) is 127 cm³/mol. The molecule has 2 aromatic carbocycles. The Morgan fingerprint density at radius 2 is 1.79 bits per heavy atom. The normalized spacial score (nSPS) is 11.0. The van der Waals surface area contributed by atoms with E-state index in [4.69, 9.17) is 11.6 Å². The van der Waals surface area contributed by atoms with E-state index in [-0.39, 0.29) is 17.9 Å². The summed E-state index contributed by atoms with van der Waals surface area (Å²) in [5.74, 6) is -0.999. The van der Waals surface area contributed by atoms with Gasteiger partial charge >= 0.3 is 5.97 Å². The third-order valence-corrected chi connectivity index (χ3v) is 5.93. The van der Waals surface area contributed by atoms with Gasteiger partial charge in [-0.05, 0) is 50.1 Å². The minimum Gasteiger partial charge on any atom is -0.478 e. The van der Waals surface area contributed by atoms with Crippen LogP contribution in [0.5, 0.6) is 0 Å². The minimum atomic E-state index is -1.01. The number of halogens is 1. The Kier molecular flexibility index (Phi) is 6.75. The molecule has 2 heterocycles. The molecule has 4 rings (SSSR count). The number of carbonyl (C=O) groups excluding carboxylic acids is 1. The average molecular weight is 462 g/mol. The van der Waals surface area contributed by atoms with E-state index in [0.29, 0.717) is 28.4 Å². The number of carbonyl (C=O) groups is 2. The number of carboxylic acid groups (broad SMARTS) is 1. The van der Waals surface area contributed by atoms with E-state index in [1.807, 2.05) is 66.3 Å². The lowest BCUT2D eigenvalue weighted by Crippen LogP contribution is -2.11. The maximum absolute atomic E-state index is 12.9. The van der Waals surface area contributed by atoms with Gasteiger partial charge in [0.2, 0.25) is 5.78 Å². The van der Waals surface area contributed by atoms with Crippen molar-refractivity contribution in [1.29, 1.82) is 0 Å². The maximum Gasteiger partial charge on any atom is 0.336 e. The van der Waals surface area contributed by atoms with Crippen LogP contribution in [0.4, 0.5) is 0 Å². The molecule has 1 N–H and O–H groups in total. The molecule has 0 aliphatic carbocycles. The summed E-state index contributed by atoms with van der Waals surface area (Å²) in [4.78, 5) is 24.4. The number of aromatic carboxylic acids is 1. The number of hydrogen-bond donors (Lipinski definition) is 1. The Morgan fingerprint density at radius 1 is 1.00 bits per heavy atom. The number of hydrogen-bond acceptors (Lipinski definition) is 3. The summed E-state index contributed by atoms with van der Waals surface area (Å²) >= 11 is 6.23. The second kappa shape index (κ2) is 9.88. The molecule has 0 aliphatic heterocycles. The summed E-state index contributed by atoms with van der Waals surface area (Å²) in [6.07, 6.45) is 5.29. The molecular formula is C26H24ClN3O3. The highest BCUT2D eigenvalue weighted by Gasteiger charge is 2.15. The number of nitrogens with zero attached hydrogens (tertiary/aromatic N) is 3. The van der Waals surface area contributed by atoms with Crippen molar-refractivity contribution >= 4 is 23.4 Å². The molecule has 0 saturated heterocycles. The van der Waals surface area contributed by atoms with Crippen LogP contribution in [0.1, 0.15) is 49.7 Å². The summed E-state index contributed by atoms with van der Waals surface area (Å²) in [7, 11) is 0. The Bertz CT molecular complexity index is 1290. The third-order valence-electron chi connectivity index (χ3n) is 5.57. The fraction of sp³-hybridized carbons (Fsp3) is 0.192. The zero-order chi connectivity index (χ0) is 23.4. The lowest BCUT2D eigenvalue weighted by atomic mass is 10.1. The van der Waals surface area contributed by atoms with Crippen molar-refractivity contribution in [3.8, 4) is 0 Å². The highest BCUT2D eigenvalue weighted by molar-refractivity contribution is 6.31. The highest BCUT2D eigenvalue weighted by atomic mass is 35.5. The number of aryl methyl sites for hydroxylation is 3. The van der Waals surface area contributed by atoms with Gasteiger partial charge in [-0.3, -0.25) is 9.48 Å². The molecule has 0 atom stereocenters. The quantitative estimate of drug-likeness (QED) is 0.345. The van der Waals surface area contributed by atoms with Crippen molar-refractivity contribution in [3.63, 3.8) is 0 Å². The molecule has 168 valence electrons. The number of ketones is 1. The molecular weight excluding hydrogens is 438 g/mol. The maximum atomic E-state index is 12.9. The van der Waals surface area contributed by atoms with Gasteiger partial charge in [-0.25, -0.2) is 4.79 Å². The second-order valence-electron chi connectivity index (χ2n) is 7.96. The van der Waals surface area contributed by atoms with E-state index in [1.165, 1.54) is 0 Å². The van der Waals surface area contributed by atoms with Crippen LogP contribution in [0.2, 0.25) is 5.02 Å². The largest absolute Gasteiger partial charge is 0.478 e. The van der Waals surface area contributed by atoms with E-state index < -0.39 is 5.97 Å². The Morgan fingerprint density at radius 3 is 2.55 bits per heavy atom. The molecule has 6 nitrogen and oxygen atoms in total. The first kappa shape index (κ1) is 22.6. The monoisotopic (exact) mass is 461 g/mol. The molecule has 7 heteroatoms. The first-order valence-corrected chi connectivity index (χ1v) is 11.1. The standard InChI is InChI=1S/C26H24ClN3O3/c1-18-9-11-19(12-10-18)25(31)24-8-4-15-29(24)14-3-5-20-13-16-30(28-20)17-22-21(26(32)33)6-2-7-23(22)27/h2,4,6-13,15-16H,3,5,14,17H2,1H3,(H,32,33). The van der Waals surface area contributed by atoms with Crippen LogP contribution in [0, 0.1) is 6.92 Å². The van der Waals surface area contributed by atoms with Gasteiger partial charge in [0, 0.05) is 35.1 Å². The molecule has 0 unspecified atom stereocenters. The number of aromatic nitrogens is 3. The van der Waals surface area contributed by atoms with E-state index in [0.717, 1.165) is 24.1 Å². The van der Waals surface area contributed by atoms with Gasteiger partial charge in [0.15, 0.2) is 0 Å². The molecule has 0 amide bonds. The van der Waals surface area contributed by atoms with Gasteiger partial charge in [-0.15, -0.1) is 0 Å². The molecule has 4 aromatic rings. The van der Waals surface area contributed by atoms with Crippen LogP contribution in [0.3, 0.4) is 0 Å². The Labute approximate surface area is 197 Å². The van der Waals surface area contributed by atoms with Crippen LogP contribution in [0.15, 0.2) is 73.1 Å². The van der Waals surface area contributed by atoms with Crippen LogP contribution in [-0.2, 0) is 19.5 Å². The SMILES string of the molecule is Cc1ccc(C(=O)c2cccn2CCCc2ccn(Cc3c(Cl)cccc3C(=O)O)n2)cc1. The molecule has 0 spiro atoms. The van der Waals surface area contributed by atoms with Gasteiger partial charge in [0.1, 0.15) is 0 Å². The Hall–Kier alpha value is -3.64. The van der Waals surface area contributed by atoms with Crippen LogP contribution in [-0.4, -0.2) is 31.2 Å². The summed E-state index contributed by atoms with van der Waals surface area (Å²) < 4.78 is 3.67. The van der Waals surface area contributed by atoms with Gasteiger partial charge in [0.05, 0.1) is 23.5 Å². The van der Waals surface area contributed by atoms with Crippen LogP contribution >= 0.6 is 11.6 Å². The van der Waals surface area contributed by atoms with E-state index in [9.17, 15) is 14.7 Å². The minimum absolute atomic E-state index is 0.0123. The lowest BCUT2D eigenvalue weighted by molar-refractivity contribution is 0.0695. The molecule has 0 aliphatic rings. The van der Waals surface area contributed by atoms with E-state index in [2.05, 4.69) is 5.10 Å². The zero-order valence-corrected chi connectivity index (χ0v) is 19.0. The van der Waals surface area contributed by atoms with Crippen molar-refractivity contribution in [1.82, 2.24) is 14.3 Å². The smallest absolute Gasteiger partial charge is 0.336 e. The van der Waals surface area contributed by atoms with Gasteiger partial charge in [0.25, 0.3) is 0 Å². The third kappa shape index (κ3) is 5.23. The Balaban J connectivity index is 1.38. The first-order valence-electron chi connectivity index (χ1n) is 10.7. The van der Waals surface area contributed by atoms with Crippen molar-refractivity contribution in [3.05, 3.63) is 112 Å². The van der Waals surface area contributed by atoms with Gasteiger partial charge in [-0.1, -0.05) is 47.5 Å². The lowest BCUT2D eigenvalue weighted by Gasteiger charge is -2.09. The van der Waals surface area contributed by atoms with E-state index >= 15 is 0 Å². The van der Waals surface area contributed by atoms with Crippen LogP contribution < -0.4 is 0 Å². The summed E-state index contributed by atoms with van der Waals surface area (Å²) in [6, 6.07) is 18.1. The molecule has 0 fully saturated rings. The number of rotatable bonds is 9. The van der Waals surface area contributed by atoms with Crippen molar-refractivity contribution in [2.24, 2.45) is 0 Å². The summed E-state index contributed by atoms with van der Waals surface area (Å²) in [6.45, 7) is 2.98. The van der Waals surface area contributed by atoms with Gasteiger partial charge < -0.3 is 9.67 Å². The second-order valence-corrected chi connectivity index (χ2v) is 8.37. The fourth-order valence-corrected chi connectivity index (χ4v) is 4.04. The molecule has 2 aromatic heterocycles. The topological polar surface area (TPSA) is 77.1 Å². The average Bonchev–Trinajstić information content (AvgIpc) is 3.45. The molecule has 0 saturated carbocycles. The van der Waals surface area contributed by atoms with Crippen molar-refractivity contribution in [2.75, 3.05) is 0 Å². The van der Waals surface area contributed by atoms with Gasteiger partial charge in [-0.2, -0.15) is 5.10 Å². The number of benzene rings is 2. The fourth-order valence-electron chi connectivity index (χ4n) is 3.81. The molecule has 33 heavy (non-hydrogen) atoms. The molecule has 0 bridgehead atoms. The zero-order valence-electron chi connectivity index (χ0n) is 18.2. The van der Waals surface area contributed by atoms with E-state index in [1.54, 1.807) is 22.9 Å². The van der Waals surface area contributed by atoms with Crippen molar-refractivity contribution < 1.29 is 14.7 Å². The summed E-state index contributed by atoms with van der Waals surface area (Å²) in [5, 5.41) is 14.4. The van der Waals surface area contributed by atoms with Crippen molar-refractivity contribution in [2.45, 2.75) is 32.9 Å².